The lowest BCUT2D eigenvalue weighted by atomic mass is 9.44. The van der Waals surface area contributed by atoms with E-state index < -0.39 is 53.8 Å². The van der Waals surface area contributed by atoms with Crippen molar-refractivity contribution in [2.45, 2.75) is 90.8 Å². The van der Waals surface area contributed by atoms with Crippen LogP contribution in [0, 0.1) is 34.5 Å². The Labute approximate surface area is 217 Å². The van der Waals surface area contributed by atoms with Crippen LogP contribution in [0.5, 0.6) is 0 Å². The van der Waals surface area contributed by atoms with Crippen molar-refractivity contribution < 1.29 is 43.7 Å². The number of allylic oxidation sites excluding steroid dienone is 1. The van der Waals surface area contributed by atoms with E-state index in [1.54, 1.807) is 6.08 Å². The molecule has 0 aromatic heterocycles. The molecule has 8 atom stereocenters. The summed E-state index contributed by atoms with van der Waals surface area (Å²) in [6.45, 7) is 6.90. The monoisotopic (exact) mass is 518 g/mol. The fourth-order valence-electron chi connectivity index (χ4n) is 8.42. The minimum atomic E-state index is -1.77. The lowest BCUT2D eigenvalue weighted by molar-refractivity contribution is -0.198. The van der Waals surface area contributed by atoms with Gasteiger partial charge in [0.05, 0.1) is 12.8 Å². The average molecular weight is 519 g/mol. The van der Waals surface area contributed by atoms with Gasteiger partial charge in [-0.15, -0.1) is 0 Å². The van der Waals surface area contributed by atoms with Crippen LogP contribution in [0.4, 0.5) is 0 Å². The van der Waals surface area contributed by atoms with Crippen molar-refractivity contribution in [3.8, 4) is 0 Å². The number of rotatable bonds is 7. The van der Waals surface area contributed by atoms with Crippen molar-refractivity contribution in [2.75, 3.05) is 6.61 Å². The molecular formula is C28H38O9. The molecule has 204 valence electrons. The Kier molecular flexibility index (Phi) is 7.16. The Balaban J connectivity index is 1.64. The summed E-state index contributed by atoms with van der Waals surface area (Å²) >= 11 is 0. The number of carboxylic acid groups (broad SMARTS) is 1. The summed E-state index contributed by atoms with van der Waals surface area (Å²) in [6.07, 6.45) is 3.51. The van der Waals surface area contributed by atoms with Crippen LogP contribution in [0.2, 0.25) is 0 Å². The molecule has 2 N–H and O–H groups in total. The first-order chi connectivity index (χ1) is 17.2. The van der Waals surface area contributed by atoms with E-state index in [1.807, 2.05) is 6.92 Å². The van der Waals surface area contributed by atoms with E-state index in [0.717, 1.165) is 12.0 Å². The van der Waals surface area contributed by atoms with Crippen molar-refractivity contribution in [3.05, 3.63) is 11.6 Å². The Bertz CT molecular complexity index is 1050. The van der Waals surface area contributed by atoms with Crippen molar-refractivity contribution in [1.82, 2.24) is 0 Å². The lowest BCUT2D eigenvalue weighted by Gasteiger charge is -2.62. The van der Waals surface area contributed by atoms with E-state index in [9.17, 15) is 29.1 Å². The van der Waals surface area contributed by atoms with Crippen molar-refractivity contribution in [1.29, 1.82) is 0 Å². The topological polar surface area (TPSA) is 144 Å². The second-order valence-corrected chi connectivity index (χ2v) is 12.1. The quantitative estimate of drug-likeness (QED) is 0.486. The van der Waals surface area contributed by atoms with E-state index in [4.69, 9.17) is 14.6 Å². The summed E-state index contributed by atoms with van der Waals surface area (Å²) in [5.74, 6) is -2.68. The molecule has 0 spiro atoms. The van der Waals surface area contributed by atoms with E-state index >= 15 is 0 Å². The summed E-state index contributed by atoms with van der Waals surface area (Å²) in [7, 11) is 0. The Morgan fingerprint density at radius 2 is 1.84 bits per heavy atom. The minimum absolute atomic E-state index is 0.0144. The maximum absolute atomic E-state index is 13.4. The van der Waals surface area contributed by atoms with Crippen LogP contribution in [0.3, 0.4) is 0 Å². The number of ketones is 2. The van der Waals surface area contributed by atoms with Gasteiger partial charge < -0.3 is 19.7 Å². The van der Waals surface area contributed by atoms with Gasteiger partial charge >= 0.3 is 17.9 Å². The zero-order valence-electron chi connectivity index (χ0n) is 22.1. The normalized spacial score (nSPS) is 40.5. The highest BCUT2D eigenvalue weighted by Crippen LogP contribution is 2.68. The first-order valence-electron chi connectivity index (χ1n) is 13.3. The third-order valence-electron chi connectivity index (χ3n) is 10.0. The first kappa shape index (κ1) is 27.5. The predicted octanol–water partition coefficient (Wildman–Crippen LogP) is 3.01. The van der Waals surface area contributed by atoms with Gasteiger partial charge in [-0.25, -0.2) is 0 Å². The maximum Gasteiger partial charge on any atom is 0.306 e. The predicted molar refractivity (Wildman–Crippen MR) is 130 cm³/mol. The third kappa shape index (κ3) is 4.53. The number of carbonyl (C=O) groups is 5. The van der Waals surface area contributed by atoms with E-state index in [1.165, 1.54) is 6.92 Å². The highest BCUT2D eigenvalue weighted by atomic mass is 16.5. The average Bonchev–Trinajstić information content (AvgIpc) is 3.08. The smallest absolute Gasteiger partial charge is 0.306 e. The van der Waals surface area contributed by atoms with Gasteiger partial charge in [-0.3, -0.25) is 24.0 Å². The Morgan fingerprint density at radius 1 is 1.14 bits per heavy atom. The Hall–Kier alpha value is -2.55. The van der Waals surface area contributed by atoms with Gasteiger partial charge in [-0.05, 0) is 61.3 Å². The molecule has 2 unspecified atom stereocenters. The van der Waals surface area contributed by atoms with Gasteiger partial charge in [0.2, 0.25) is 5.78 Å². The van der Waals surface area contributed by atoms with Crippen molar-refractivity contribution in [2.24, 2.45) is 34.5 Å². The minimum Gasteiger partial charge on any atom is -0.481 e. The number of carbonyl (C=O) groups excluding carboxylic acids is 4. The molecule has 3 fully saturated rings. The van der Waals surface area contributed by atoms with Crippen LogP contribution >= 0.6 is 0 Å². The molecular weight excluding hydrogens is 480 g/mol. The fourth-order valence-corrected chi connectivity index (χ4v) is 8.42. The number of aliphatic hydroxyl groups is 1. The summed E-state index contributed by atoms with van der Waals surface area (Å²) in [5.41, 5.74) is -1.87. The van der Waals surface area contributed by atoms with E-state index in [-0.39, 0.29) is 47.7 Å². The summed E-state index contributed by atoms with van der Waals surface area (Å²) in [4.78, 5) is 60.5. The highest BCUT2D eigenvalue weighted by molar-refractivity contribution is 5.92. The standard InChI is InChI=1S/C28H38O9/c1-15-11-18-19-8-10-28(35,22(31)14-36-24(34)6-5-23(32)33)27(19,4)13-21(37-16(2)29)25(18)26(3)9-7-17(30)12-20(15)26/h12,15,18-19,21,25,35H,5-11,13-14H2,1-4H3,(H,32,33)/t15?,18-,19-,21?,25+,26-,27-,28-/m0/s1. The molecule has 4 rings (SSSR count). The molecule has 0 saturated heterocycles. The summed E-state index contributed by atoms with van der Waals surface area (Å²) in [6, 6.07) is 0. The third-order valence-corrected chi connectivity index (χ3v) is 10.0. The fraction of sp³-hybridized carbons (Fsp3) is 0.750. The van der Waals surface area contributed by atoms with E-state index in [2.05, 4.69) is 13.8 Å². The summed E-state index contributed by atoms with van der Waals surface area (Å²) < 4.78 is 11.0. The number of carboxylic acids is 1. The molecule has 9 heteroatoms. The summed E-state index contributed by atoms with van der Waals surface area (Å²) in [5, 5.41) is 20.6. The number of hydrogen-bond acceptors (Lipinski definition) is 8. The number of Topliss-reactive ketones (excluding diaryl/α,β-unsaturated/α-hetero) is 1. The van der Waals surface area contributed by atoms with Crippen LogP contribution in [-0.4, -0.2) is 58.0 Å². The first-order valence-corrected chi connectivity index (χ1v) is 13.3. The molecule has 0 bridgehead atoms. The number of esters is 2. The van der Waals surface area contributed by atoms with Crippen LogP contribution in [-0.2, 0) is 33.4 Å². The molecule has 4 aliphatic rings. The van der Waals surface area contributed by atoms with Gasteiger partial charge in [0, 0.05) is 24.7 Å². The molecule has 3 saturated carbocycles. The van der Waals surface area contributed by atoms with Crippen LogP contribution < -0.4 is 0 Å². The van der Waals surface area contributed by atoms with Gasteiger partial charge in [0.15, 0.2) is 12.4 Å². The molecule has 0 aromatic rings. The van der Waals surface area contributed by atoms with Crippen LogP contribution in [0.15, 0.2) is 11.6 Å². The molecule has 0 radical (unpaired) electrons. The van der Waals surface area contributed by atoms with Crippen LogP contribution in [0.25, 0.3) is 0 Å². The lowest BCUT2D eigenvalue weighted by Crippen LogP contribution is -2.63. The zero-order chi connectivity index (χ0) is 27.3. The molecule has 0 heterocycles. The molecule has 0 aliphatic heterocycles. The van der Waals surface area contributed by atoms with Gasteiger partial charge in [0.1, 0.15) is 11.7 Å². The number of hydrogen-bond donors (Lipinski definition) is 2. The zero-order valence-corrected chi connectivity index (χ0v) is 22.1. The number of ether oxygens (including phenoxy) is 2. The number of fused-ring (bicyclic) bond motifs is 5. The molecule has 0 aromatic carbocycles. The SMILES string of the molecule is CC(=O)OC1C[C@@]2(C)[C@@H](CC[C@]2(O)C(=O)COC(=O)CCC(=O)O)[C@@H]2CC(C)C3=CC(=O)CC[C@]3(C)[C@@H]12. The largest absolute Gasteiger partial charge is 0.481 e. The van der Waals surface area contributed by atoms with E-state index in [0.29, 0.717) is 25.7 Å². The van der Waals surface area contributed by atoms with Crippen molar-refractivity contribution >= 4 is 29.5 Å². The molecule has 0 amide bonds. The highest BCUT2D eigenvalue weighted by Gasteiger charge is 2.69. The second-order valence-electron chi connectivity index (χ2n) is 12.1. The van der Waals surface area contributed by atoms with Gasteiger partial charge in [-0.1, -0.05) is 26.3 Å². The Morgan fingerprint density at radius 3 is 2.49 bits per heavy atom. The van der Waals surface area contributed by atoms with Gasteiger partial charge in [-0.2, -0.15) is 0 Å². The molecule has 4 aliphatic carbocycles. The van der Waals surface area contributed by atoms with Crippen molar-refractivity contribution in [3.63, 3.8) is 0 Å². The maximum atomic E-state index is 13.4. The van der Waals surface area contributed by atoms with Crippen LogP contribution in [0.1, 0.15) is 79.1 Å². The second kappa shape index (κ2) is 9.64. The van der Waals surface area contributed by atoms with Gasteiger partial charge in [0.25, 0.3) is 0 Å². The molecule has 9 nitrogen and oxygen atoms in total. The molecule has 37 heavy (non-hydrogen) atoms. The number of aliphatic carboxylic acids is 1.